The first kappa shape index (κ1) is 15.0. The van der Waals surface area contributed by atoms with Gasteiger partial charge in [-0.05, 0) is 29.8 Å². The van der Waals surface area contributed by atoms with Gasteiger partial charge in [-0.1, -0.05) is 26.0 Å². The molecule has 0 aliphatic heterocycles. The van der Waals surface area contributed by atoms with Gasteiger partial charge in [0.2, 0.25) is 0 Å². The van der Waals surface area contributed by atoms with Gasteiger partial charge in [-0.3, -0.25) is 9.78 Å². The normalized spacial score (nSPS) is 11.2. The van der Waals surface area contributed by atoms with Crippen molar-refractivity contribution in [3.05, 3.63) is 59.7 Å². The second-order valence-electron chi connectivity index (χ2n) is 5.54. The zero-order valence-electron chi connectivity index (χ0n) is 12.1. The van der Waals surface area contributed by atoms with Gasteiger partial charge in [-0.2, -0.15) is 0 Å². The summed E-state index contributed by atoms with van der Waals surface area (Å²) in [6, 6.07) is 9.91. The van der Waals surface area contributed by atoms with Crippen molar-refractivity contribution in [2.45, 2.75) is 19.3 Å². The molecule has 2 aromatic rings. The number of anilines is 1. The van der Waals surface area contributed by atoms with Gasteiger partial charge in [-0.25, -0.2) is 4.39 Å². The Morgan fingerprint density at radius 2 is 2.10 bits per heavy atom. The lowest BCUT2D eigenvalue weighted by molar-refractivity contribution is 0.0995. The van der Waals surface area contributed by atoms with Gasteiger partial charge in [0.1, 0.15) is 11.5 Å². The van der Waals surface area contributed by atoms with Crippen molar-refractivity contribution in [2.75, 3.05) is 11.9 Å². The highest BCUT2D eigenvalue weighted by molar-refractivity contribution is 5.91. The van der Waals surface area contributed by atoms with Crippen molar-refractivity contribution < 1.29 is 9.18 Å². The van der Waals surface area contributed by atoms with Crippen LogP contribution < -0.4 is 11.1 Å². The summed E-state index contributed by atoms with van der Waals surface area (Å²) in [7, 11) is 0. The van der Waals surface area contributed by atoms with Crippen LogP contribution in [0.2, 0.25) is 0 Å². The van der Waals surface area contributed by atoms with Gasteiger partial charge in [0.25, 0.3) is 5.91 Å². The molecule has 0 atom stereocenters. The zero-order chi connectivity index (χ0) is 15.5. The molecule has 5 heteroatoms. The highest BCUT2D eigenvalue weighted by atomic mass is 19.1. The second kappa shape index (κ2) is 5.91. The van der Waals surface area contributed by atoms with Crippen LogP contribution in [-0.4, -0.2) is 17.4 Å². The molecule has 0 spiro atoms. The number of carbonyl (C=O) groups excluding carboxylic acids is 1. The fourth-order valence-electron chi connectivity index (χ4n) is 2.01. The molecule has 1 aromatic heterocycles. The number of halogens is 1. The third-order valence-corrected chi connectivity index (χ3v) is 3.35. The fraction of sp³-hybridized carbons (Fsp3) is 0.250. The largest absolute Gasteiger partial charge is 0.384 e. The summed E-state index contributed by atoms with van der Waals surface area (Å²) < 4.78 is 13.3. The van der Waals surface area contributed by atoms with Crippen molar-refractivity contribution in [1.29, 1.82) is 0 Å². The average Bonchev–Trinajstić information content (AvgIpc) is 2.45. The Kier molecular flexibility index (Phi) is 4.21. The SMILES string of the molecule is CC(C)(CNc1ccnc(C(N)=O)c1)c1cccc(F)c1. The van der Waals surface area contributed by atoms with E-state index in [0.717, 1.165) is 11.3 Å². The number of hydrogen-bond acceptors (Lipinski definition) is 3. The van der Waals surface area contributed by atoms with Crippen LogP contribution in [0.4, 0.5) is 10.1 Å². The number of nitrogens with one attached hydrogen (secondary N) is 1. The monoisotopic (exact) mass is 287 g/mol. The summed E-state index contributed by atoms with van der Waals surface area (Å²) in [6.07, 6.45) is 1.53. The van der Waals surface area contributed by atoms with Crippen molar-refractivity contribution in [1.82, 2.24) is 4.98 Å². The number of benzene rings is 1. The molecular formula is C16H18FN3O. The van der Waals surface area contributed by atoms with Crippen LogP contribution in [0.5, 0.6) is 0 Å². The fourth-order valence-corrected chi connectivity index (χ4v) is 2.01. The Hall–Kier alpha value is -2.43. The van der Waals surface area contributed by atoms with Crippen LogP contribution in [-0.2, 0) is 5.41 Å². The Balaban J connectivity index is 2.11. The van der Waals surface area contributed by atoms with E-state index in [1.165, 1.54) is 18.3 Å². The van der Waals surface area contributed by atoms with E-state index in [9.17, 15) is 9.18 Å². The van der Waals surface area contributed by atoms with Crippen molar-refractivity contribution in [3.63, 3.8) is 0 Å². The standard InChI is InChI=1S/C16H18FN3O/c1-16(2,11-4-3-5-12(17)8-11)10-20-13-6-7-19-14(9-13)15(18)21/h3-9H,10H2,1-2H3,(H2,18,21)(H,19,20). The molecule has 0 fully saturated rings. The Morgan fingerprint density at radius 3 is 2.76 bits per heavy atom. The topological polar surface area (TPSA) is 68.0 Å². The first-order chi connectivity index (χ1) is 9.88. The molecular weight excluding hydrogens is 269 g/mol. The number of nitrogens with two attached hydrogens (primary N) is 1. The van der Waals surface area contributed by atoms with E-state index in [4.69, 9.17) is 5.73 Å². The Morgan fingerprint density at radius 1 is 1.33 bits per heavy atom. The number of nitrogens with zero attached hydrogens (tertiary/aromatic N) is 1. The molecule has 3 N–H and O–H groups in total. The number of rotatable bonds is 5. The molecule has 0 bridgehead atoms. The first-order valence-corrected chi connectivity index (χ1v) is 6.64. The van der Waals surface area contributed by atoms with E-state index < -0.39 is 5.91 Å². The quantitative estimate of drug-likeness (QED) is 0.888. The molecule has 0 saturated heterocycles. The minimum atomic E-state index is -0.567. The van der Waals surface area contributed by atoms with E-state index in [0.29, 0.717) is 6.54 Å². The van der Waals surface area contributed by atoms with Crippen LogP contribution in [0.3, 0.4) is 0 Å². The maximum atomic E-state index is 13.3. The first-order valence-electron chi connectivity index (χ1n) is 6.64. The molecule has 0 saturated carbocycles. The van der Waals surface area contributed by atoms with Gasteiger partial charge < -0.3 is 11.1 Å². The van der Waals surface area contributed by atoms with E-state index in [1.807, 2.05) is 19.9 Å². The van der Waals surface area contributed by atoms with Gasteiger partial charge in [0, 0.05) is 23.8 Å². The Bertz CT molecular complexity index is 655. The predicted octanol–water partition coefficient (Wildman–Crippen LogP) is 2.71. The minimum absolute atomic E-state index is 0.212. The zero-order valence-corrected chi connectivity index (χ0v) is 12.1. The van der Waals surface area contributed by atoms with Gasteiger partial charge >= 0.3 is 0 Å². The Labute approximate surface area is 123 Å². The van der Waals surface area contributed by atoms with Crippen LogP contribution in [0.1, 0.15) is 29.9 Å². The lowest BCUT2D eigenvalue weighted by atomic mass is 9.84. The smallest absolute Gasteiger partial charge is 0.267 e. The molecule has 2 rings (SSSR count). The van der Waals surface area contributed by atoms with Gasteiger partial charge in [-0.15, -0.1) is 0 Å². The van der Waals surface area contributed by atoms with Crippen LogP contribution in [0.25, 0.3) is 0 Å². The maximum Gasteiger partial charge on any atom is 0.267 e. The third-order valence-electron chi connectivity index (χ3n) is 3.35. The minimum Gasteiger partial charge on any atom is -0.384 e. The third kappa shape index (κ3) is 3.78. The molecule has 1 heterocycles. The summed E-state index contributed by atoms with van der Waals surface area (Å²) in [5, 5.41) is 3.23. The van der Waals surface area contributed by atoms with E-state index in [-0.39, 0.29) is 16.9 Å². The number of amides is 1. The second-order valence-corrected chi connectivity index (χ2v) is 5.54. The van der Waals surface area contributed by atoms with Crippen LogP contribution in [0, 0.1) is 5.82 Å². The van der Waals surface area contributed by atoms with Crippen molar-refractivity contribution in [3.8, 4) is 0 Å². The number of carbonyl (C=O) groups is 1. The predicted molar refractivity (Wildman–Crippen MR) is 80.7 cm³/mol. The van der Waals surface area contributed by atoms with E-state index >= 15 is 0 Å². The summed E-state index contributed by atoms with van der Waals surface area (Å²) >= 11 is 0. The van der Waals surface area contributed by atoms with Gasteiger partial charge in [0.05, 0.1) is 0 Å². The number of primary amides is 1. The van der Waals surface area contributed by atoms with Crippen molar-refractivity contribution in [2.24, 2.45) is 5.73 Å². The lowest BCUT2D eigenvalue weighted by Crippen LogP contribution is -2.28. The molecule has 1 amide bonds. The molecule has 1 aromatic carbocycles. The van der Waals surface area contributed by atoms with E-state index in [2.05, 4.69) is 10.3 Å². The summed E-state index contributed by atoms with van der Waals surface area (Å²) in [4.78, 5) is 15.0. The highest BCUT2D eigenvalue weighted by Crippen LogP contribution is 2.24. The molecule has 0 unspecified atom stereocenters. The molecule has 4 nitrogen and oxygen atoms in total. The summed E-state index contributed by atoms with van der Waals surface area (Å²) in [6.45, 7) is 4.62. The molecule has 0 aliphatic rings. The maximum absolute atomic E-state index is 13.3. The van der Waals surface area contributed by atoms with Gasteiger partial charge in [0.15, 0.2) is 0 Å². The number of aromatic nitrogens is 1. The molecule has 21 heavy (non-hydrogen) atoms. The molecule has 0 radical (unpaired) electrons. The summed E-state index contributed by atoms with van der Waals surface area (Å²) in [5.74, 6) is -0.816. The van der Waals surface area contributed by atoms with E-state index in [1.54, 1.807) is 18.2 Å². The molecule has 0 aliphatic carbocycles. The summed E-state index contributed by atoms with van der Waals surface area (Å²) in [5.41, 5.74) is 6.80. The lowest BCUT2D eigenvalue weighted by Gasteiger charge is -2.26. The number of hydrogen-bond donors (Lipinski definition) is 2. The van der Waals surface area contributed by atoms with Crippen LogP contribution in [0.15, 0.2) is 42.6 Å². The average molecular weight is 287 g/mol. The number of pyridine rings is 1. The van der Waals surface area contributed by atoms with Crippen molar-refractivity contribution >= 4 is 11.6 Å². The highest BCUT2D eigenvalue weighted by Gasteiger charge is 2.21. The molecule has 110 valence electrons. The van der Waals surface area contributed by atoms with Crippen LogP contribution >= 0.6 is 0 Å².